The Morgan fingerprint density at radius 3 is 2.61 bits per heavy atom. The molecule has 0 saturated heterocycles. The Bertz CT molecular complexity index is 768. The molecular weight excluding hydrogens is 338 g/mol. The molecule has 2 rings (SSSR count). The molecule has 120 valence electrons. The molecule has 0 fully saturated rings. The maximum Gasteiger partial charge on any atom is 0.274 e. The summed E-state index contributed by atoms with van der Waals surface area (Å²) in [6.45, 7) is 1.66. The second kappa shape index (κ2) is 7.26. The summed E-state index contributed by atoms with van der Waals surface area (Å²) in [6, 6.07) is 9.84. The van der Waals surface area contributed by atoms with Crippen LogP contribution >= 0.6 is 23.8 Å². The number of nitrogens with one attached hydrogen (secondary N) is 2. The molecule has 0 aliphatic heterocycles. The third kappa shape index (κ3) is 4.08. The highest BCUT2D eigenvalue weighted by atomic mass is 35.5. The van der Waals surface area contributed by atoms with E-state index in [1.54, 1.807) is 37.3 Å². The minimum Gasteiger partial charge on any atom is -0.495 e. The van der Waals surface area contributed by atoms with Crippen molar-refractivity contribution in [3.8, 4) is 5.75 Å². The first kappa shape index (κ1) is 17.0. The minimum atomic E-state index is -0.434. The number of hydrogen-bond donors (Lipinski definition) is 2. The zero-order valence-electron chi connectivity index (χ0n) is 12.4. The maximum absolute atomic E-state index is 11.0. The zero-order chi connectivity index (χ0) is 17.0. The molecule has 0 aliphatic rings. The minimum absolute atomic E-state index is 0.0261. The van der Waals surface area contributed by atoms with Crippen LogP contribution in [-0.2, 0) is 0 Å². The molecule has 0 radical (unpaired) electrons. The van der Waals surface area contributed by atoms with E-state index in [9.17, 15) is 10.1 Å². The molecule has 8 heteroatoms. The van der Waals surface area contributed by atoms with Gasteiger partial charge in [0.05, 0.1) is 29.0 Å². The van der Waals surface area contributed by atoms with Gasteiger partial charge < -0.3 is 15.4 Å². The van der Waals surface area contributed by atoms with Crippen LogP contribution in [0.3, 0.4) is 0 Å². The Labute approximate surface area is 143 Å². The monoisotopic (exact) mass is 351 g/mol. The van der Waals surface area contributed by atoms with Crippen molar-refractivity contribution in [3.05, 3.63) is 57.1 Å². The van der Waals surface area contributed by atoms with Gasteiger partial charge in [-0.25, -0.2) is 0 Å². The molecule has 0 unspecified atom stereocenters. The average Bonchev–Trinajstić information content (AvgIpc) is 2.49. The number of halogens is 1. The number of nitrogens with zero attached hydrogens (tertiary/aromatic N) is 1. The second-order valence-corrected chi connectivity index (χ2v) is 5.48. The van der Waals surface area contributed by atoms with Crippen molar-refractivity contribution in [2.24, 2.45) is 0 Å². The molecule has 0 amide bonds. The SMILES string of the molecule is COc1ccc(Cl)cc1NC(=S)Nc1cccc([N+](=O)[O-])c1C. The molecule has 23 heavy (non-hydrogen) atoms. The largest absolute Gasteiger partial charge is 0.495 e. The van der Waals surface area contributed by atoms with Crippen LogP contribution in [0.2, 0.25) is 5.02 Å². The summed E-state index contributed by atoms with van der Waals surface area (Å²) in [5.74, 6) is 0.578. The number of thiocarbonyl (C=S) groups is 1. The van der Waals surface area contributed by atoms with Gasteiger partial charge in [-0.15, -0.1) is 0 Å². The summed E-state index contributed by atoms with van der Waals surface area (Å²) < 4.78 is 5.23. The first-order valence-corrected chi connectivity index (χ1v) is 7.36. The van der Waals surface area contributed by atoms with Gasteiger partial charge in [0, 0.05) is 11.1 Å². The fourth-order valence-electron chi connectivity index (χ4n) is 2.01. The molecule has 0 atom stereocenters. The Morgan fingerprint density at radius 2 is 1.96 bits per heavy atom. The molecule has 2 aromatic rings. The van der Waals surface area contributed by atoms with E-state index in [-0.39, 0.29) is 10.8 Å². The van der Waals surface area contributed by atoms with Crippen LogP contribution in [0.5, 0.6) is 5.75 Å². The molecule has 6 nitrogen and oxygen atoms in total. The van der Waals surface area contributed by atoms with Crippen LogP contribution in [0.1, 0.15) is 5.56 Å². The lowest BCUT2D eigenvalue weighted by Gasteiger charge is -2.15. The first-order valence-electron chi connectivity index (χ1n) is 6.58. The van der Waals surface area contributed by atoms with Crippen LogP contribution in [0.25, 0.3) is 0 Å². The lowest BCUT2D eigenvalue weighted by atomic mass is 10.1. The van der Waals surface area contributed by atoms with Crippen LogP contribution < -0.4 is 15.4 Å². The molecule has 2 N–H and O–H groups in total. The van der Waals surface area contributed by atoms with Gasteiger partial charge in [-0.05, 0) is 43.4 Å². The summed E-state index contributed by atoms with van der Waals surface area (Å²) in [6.07, 6.45) is 0. The molecule has 2 aromatic carbocycles. The Hall–Kier alpha value is -2.38. The number of hydrogen-bond acceptors (Lipinski definition) is 4. The van der Waals surface area contributed by atoms with Crippen molar-refractivity contribution in [2.45, 2.75) is 6.92 Å². The fourth-order valence-corrected chi connectivity index (χ4v) is 2.40. The standard InChI is InChI=1S/C15H14ClN3O3S/c1-9-11(4-3-5-13(9)19(20)21)17-15(23)18-12-8-10(16)6-7-14(12)22-2/h3-8H,1-2H3,(H2,17,18,23). The molecule has 0 saturated carbocycles. The highest BCUT2D eigenvalue weighted by Gasteiger charge is 2.14. The molecule has 0 aliphatic carbocycles. The second-order valence-electron chi connectivity index (χ2n) is 4.63. The Morgan fingerprint density at radius 1 is 1.26 bits per heavy atom. The summed E-state index contributed by atoms with van der Waals surface area (Å²) in [5, 5.41) is 17.7. The molecule has 0 bridgehead atoms. The highest BCUT2D eigenvalue weighted by molar-refractivity contribution is 7.80. The molecular formula is C15H14ClN3O3S. The van der Waals surface area contributed by atoms with Crippen molar-refractivity contribution < 1.29 is 9.66 Å². The van der Waals surface area contributed by atoms with Crippen LogP contribution in [0.4, 0.5) is 17.1 Å². The highest BCUT2D eigenvalue weighted by Crippen LogP contribution is 2.29. The predicted octanol–water partition coefficient (Wildman–Crippen LogP) is 4.37. The van der Waals surface area contributed by atoms with Crippen LogP contribution in [0, 0.1) is 17.0 Å². The Kier molecular flexibility index (Phi) is 5.36. The third-order valence-electron chi connectivity index (χ3n) is 3.16. The number of nitro groups is 1. The van der Waals surface area contributed by atoms with Gasteiger partial charge in [0.2, 0.25) is 0 Å². The maximum atomic E-state index is 11.0. The fraction of sp³-hybridized carbons (Fsp3) is 0.133. The van der Waals surface area contributed by atoms with E-state index in [2.05, 4.69) is 10.6 Å². The predicted molar refractivity (Wildman–Crippen MR) is 95.7 cm³/mol. The van der Waals surface area contributed by atoms with E-state index in [1.807, 2.05) is 0 Å². The number of ether oxygens (including phenoxy) is 1. The van der Waals surface area contributed by atoms with Crippen LogP contribution in [-0.4, -0.2) is 17.1 Å². The van der Waals surface area contributed by atoms with Crippen molar-refractivity contribution >= 4 is 46.0 Å². The number of benzene rings is 2. The van der Waals surface area contributed by atoms with Gasteiger partial charge in [0.1, 0.15) is 5.75 Å². The van der Waals surface area contributed by atoms with Gasteiger partial charge in [-0.1, -0.05) is 17.7 Å². The molecule has 0 heterocycles. The van der Waals surface area contributed by atoms with Crippen molar-refractivity contribution in [3.63, 3.8) is 0 Å². The quantitative estimate of drug-likeness (QED) is 0.484. The number of anilines is 2. The van der Waals surface area contributed by atoms with E-state index in [0.29, 0.717) is 27.7 Å². The number of nitro benzene ring substituents is 1. The number of methoxy groups -OCH3 is 1. The van der Waals surface area contributed by atoms with Crippen molar-refractivity contribution in [1.82, 2.24) is 0 Å². The lowest BCUT2D eigenvalue weighted by Crippen LogP contribution is -2.20. The van der Waals surface area contributed by atoms with Gasteiger partial charge in [-0.3, -0.25) is 10.1 Å². The smallest absolute Gasteiger partial charge is 0.274 e. The van der Waals surface area contributed by atoms with Crippen molar-refractivity contribution in [2.75, 3.05) is 17.7 Å². The lowest BCUT2D eigenvalue weighted by molar-refractivity contribution is -0.385. The van der Waals surface area contributed by atoms with Crippen LogP contribution in [0.15, 0.2) is 36.4 Å². The van der Waals surface area contributed by atoms with Gasteiger partial charge in [-0.2, -0.15) is 0 Å². The summed E-state index contributed by atoms with van der Waals surface area (Å²) in [5.41, 5.74) is 1.68. The Balaban J connectivity index is 2.19. The summed E-state index contributed by atoms with van der Waals surface area (Å²) in [7, 11) is 1.54. The van der Waals surface area contributed by atoms with E-state index in [4.69, 9.17) is 28.6 Å². The first-order chi connectivity index (χ1) is 10.9. The normalized spacial score (nSPS) is 10.0. The average molecular weight is 352 g/mol. The molecule has 0 spiro atoms. The summed E-state index contributed by atoms with van der Waals surface area (Å²) >= 11 is 11.2. The third-order valence-corrected chi connectivity index (χ3v) is 3.60. The van der Waals surface area contributed by atoms with E-state index < -0.39 is 4.92 Å². The van der Waals surface area contributed by atoms with Gasteiger partial charge >= 0.3 is 0 Å². The number of rotatable bonds is 4. The van der Waals surface area contributed by atoms with Crippen molar-refractivity contribution in [1.29, 1.82) is 0 Å². The zero-order valence-corrected chi connectivity index (χ0v) is 14.0. The van der Waals surface area contributed by atoms with Gasteiger partial charge in [0.15, 0.2) is 5.11 Å². The summed E-state index contributed by atoms with van der Waals surface area (Å²) in [4.78, 5) is 10.5. The van der Waals surface area contributed by atoms with Gasteiger partial charge in [0.25, 0.3) is 5.69 Å². The van der Waals surface area contributed by atoms with E-state index >= 15 is 0 Å². The topological polar surface area (TPSA) is 76.4 Å². The molecule has 0 aromatic heterocycles. The van der Waals surface area contributed by atoms with E-state index in [0.717, 1.165) is 0 Å². The van der Waals surface area contributed by atoms with E-state index in [1.165, 1.54) is 13.2 Å².